The van der Waals surface area contributed by atoms with E-state index < -0.39 is 0 Å². The van der Waals surface area contributed by atoms with E-state index in [0.717, 1.165) is 0 Å². The minimum Gasteiger partial charge on any atom is -0.326 e. The Morgan fingerprint density at radius 2 is 1.72 bits per heavy atom. The molecule has 0 aromatic heterocycles. The molecule has 0 heterocycles. The molecule has 2 aromatic rings. The summed E-state index contributed by atoms with van der Waals surface area (Å²) in [5.74, 6) is -0.776. The Morgan fingerprint density at radius 3 is 2.40 bits per heavy atom. The number of nitrogens with one attached hydrogen (secondary N) is 2. The van der Waals surface area contributed by atoms with Gasteiger partial charge in [-0.15, -0.1) is 0 Å². The Morgan fingerprint density at radius 1 is 1.04 bits per heavy atom. The third-order valence-corrected chi connectivity index (χ3v) is 3.74. The first-order valence-corrected chi connectivity index (χ1v) is 8.10. The largest absolute Gasteiger partial charge is 0.326 e. The number of hydrogen-bond donors (Lipinski definition) is 2. The molecular formula is C18H19ClFN3O2. The lowest BCUT2D eigenvalue weighted by atomic mass is 10.3. The molecule has 7 heteroatoms. The maximum absolute atomic E-state index is 12.8. The van der Waals surface area contributed by atoms with Gasteiger partial charge in [-0.25, -0.2) is 4.39 Å². The molecular weight excluding hydrogens is 345 g/mol. The van der Waals surface area contributed by atoms with Crippen LogP contribution in [0.4, 0.5) is 15.8 Å². The minimum atomic E-state index is -0.359. The zero-order chi connectivity index (χ0) is 18.2. The van der Waals surface area contributed by atoms with Crippen LogP contribution in [0, 0.1) is 5.82 Å². The van der Waals surface area contributed by atoms with Crippen LogP contribution in [0.1, 0.15) is 6.42 Å². The Hall–Kier alpha value is -2.44. The van der Waals surface area contributed by atoms with Crippen molar-refractivity contribution in [2.45, 2.75) is 6.42 Å². The number of nitrogens with zero attached hydrogens (tertiary/aromatic N) is 1. The summed E-state index contributed by atoms with van der Waals surface area (Å²) in [5, 5.41) is 5.87. The first kappa shape index (κ1) is 18.9. The standard InChI is InChI=1S/C18H19ClFN3O2/c1-23(12-18(25)22-16-5-3-2-4-15(16)19)11-10-17(24)21-14-8-6-13(20)7-9-14/h2-9H,10-12H2,1H3,(H,21,24)(H,22,25). The average Bonchev–Trinajstić information content (AvgIpc) is 2.57. The zero-order valence-electron chi connectivity index (χ0n) is 13.8. The van der Waals surface area contributed by atoms with Gasteiger partial charge in [0.1, 0.15) is 5.82 Å². The normalized spacial score (nSPS) is 10.6. The van der Waals surface area contributed by atoms with E-state index in [1.54, 1.807) is 36.2 Å². The monoisotopic (exact) mass is 363 g/mol. The first-order valence-electron chi connectivity index (χ1n) is 7.72. The summed E-state index contributed by atoms with van der Waals surface area (Å²) in [6.07, 6.45) is 0.216. The van der Waals surface area contributed by atoms with E-state index in [9.17, 15) is 14.0 Å². The van der Waals surface area contributed by atoms with Crippen LogP contribution in [0.15, 0.2) is 48.5 Å². The van der Waals surface area contributed by atoms with Crippen LogP contribution >= 0.6 is 11.6 Å². The molecule has 0 atom stereocenters. The summed E-state index contributed by atoms with van der Waals surface area (Å²) < 4.78 is 12.8. The molecule has 25 heavy (non-hydrogen) atoms. The van der Waals surface area contributed by atoms with Gasteiger partial charge in [-0.3, -0.25) is 14.5 Å². The number of para-hydroxylation sites is 1. The van der Waals surface area contributed by atoms with Gasteiger partial charge in [0, 0.05) is 18.7 Å². The molecule has 0 spiro atoms. The van der Waals surface area contributed by atoms with Gasteiger partial charge in [-0.2, -0.15) is 0 Å². The van der Waals surface area contributed by atoms with Gasteiger partial charge in [0.25, 0.3) is 0 Å². The third-order valence-electron chi connectivity index (χ3n) is 3.41. The molecule has 0 aliphatic carbocycles. The maximum atomic E-state index is 12.8. The summed E-state index contributed by atoms with van der Waals surface area (Å²) >= 11 is 5.99. The van der Waals surface area contributed by atoms with Crippen LogP contribution in [0.25, 0.3) is 0 Å². The molecule has 2 aromatic carbocycles. The quantitative estimate of drug-likeness (QED) is 0.792. The lowest BCUT2D eigenvalue weighted by molar-refractivity contribution is -0.119. The number of carbonyl (C=O) groups is 2. The number of carbonyl (C=O) groups excluding carboxylic acids is 2. The molecule has 2 N–H and O–H groups in total. The molecule has 0 radical (unpaired) electrons. The summed E-state index contributed by atoms with van der Waals surface area (Å²) in [7, 11) is 1.75. The number of hydrogen-bond acceptors (Lipinski definition) is 3. The van der Waals surface area contributed by atoms with Crippen LogP contribution in [-0.4, -0.2) is 36.9 Å². The fraction of sp³-hybridized carbons (Fsp3) is 0.222. The number of anilines is 2. The van der Waals surface area contributed by atoms with Crippen molar-refractivity contribution in [2.24, 2.45) is 0 Å². The highest BCUT2D eigenvalue weighted by Crippen LogP contribution is 2.20. The summed E-state index contributed by atoms with van der Waals surface area (Å²) in [4.78, 5) is 25.6. The lowest BCUT2D eigenvalue weighted by Crippen LogP contribution is -2.32. The maximum Gasteiger partial charge on any atom is 0.238 e. The number of rotatable bonds is 7. The fourth-order valence-electron chi connectivity index (χ4n) is 2.13. The van der Waals surface area contributed by atoms with E-state index in [1.807, 2.05) is 0 Å². The SMILES string of the molecule is CN(CCC(=O)Nc1ccc(F)cc1)CC(=O)Nc1ccccc1Cl. The van der Waals surface area contributed by atoms with Crippen molar-refractivity contribution in [3.8, 4) is 0 Å². The van der Waals surface area contributed by atoms with Crippen LogP contribution in [0.5, 0.6) is 0 Å². The molecule has 2 rings (SSSR count). The highest BCUT2D eigenvalue weighted by atomic mass is 35.5. The van der Waals surface area contributed by atoms with Gasteiger partial charge in [-0.1, -0.05) is 23.7 Å². The Kier molecular flexibility index (Phi) is 6.91. The molecule has 2 amide bonds. The van der Waals surface area contributed by atoms with Gasteiger partial charge in [0.05, 0.1) is 17.3 Å². The molecule has 132 valence electrons. The van der Waals surface area contributed by atoms with Crippen molar-refractivity contribution in [1.29, 1.82) is 0 Å². The van der Waals surface area contributed by atoms with E-state index in [1.165, 1.54) is 24.3 Å². The van der Waals surface area contributed by atoms with Crippen molar-refractivity contribution >= 4 is 34.8 Å². The highest BCUT2D eigenvalue weighted by Gasteiger charge is 2.10. The van der Waals surface area contributed by atoms with E-state index in [4.69, 9.17) is 11.6 Å². The Balaban J connectivity index is 1.73. The predicted molar refractivity (Wildman–Crippen MR) is 97.2 cm³/mol. The molecule has 0 saturated heterocycles. The van der Waals surface area contributed by atoms with Gasteiger partial charge in [0.15, 0.2) is 0 Å². The van der Waals surface area contributed by atoms with Crippen LogP contribution < -0.4 is 10.6 Å². The van der Waals surface area contributed by atoms with E-state index in [0.29, 0.717) is 22.9 Å². The smallest absolute Gasteiger partial charge is 0.238 e. The van der Waals surface area contributed by atoms with E-state index in [2.05, 4.69) is 10.6 Å². The second kappa shape index (κ2) is 9.15. The molecule has 0 bridgehead atoms. The predicted octanol–water partition coefficient (Wildman–Crippen LogP) is 3.38. The van der Waals surface area contributed by atoms with E-state index in [-0.39, 0.29) is 30.6 Å². The van der Waals surface area contributed by atoms with Crippen molar-refractivity contribution in [1.82, 2.24) is 4.90 Å². The lowest BCUT2D eigenvalue weighted by Gasteiger charge is -2.16. The fourth-order valence-corrected chi connectivity index (χ4v) is 2.31. The summed E-state index contributed by atoms with van der Waals surface area (Å²) in [5.41, 5.74) is 1.09. The van der Waals surface area contributed by atoms with E-state index >= 15 is 0 Å². The Bertz CT molecular complexity index is 737. The first-order chi connectivity index (χ1) is 11.9. The van der Waals surface area contributed by atoms with Crippen molar-refractivity contribution < 1.29 is 14.0 Å². The Labute approximate surface area is 150 Å². The van der Waals surface area contributed by atoms with Crippen molar-refractivity contribution in [3.05, 3.63) is 59.4 Å². The number of benzene rings is 2. The topological polar surface area (TPSA) is 61.4 Å². The van der Waals surface area contributed by atoms with Crippen molar-refractivity contribution in [2.75, 3.05) is 30.8 Å². The number of halogens is 2. The van der Waals surface area contributed by atoms with Gasteiger partial charge in [-0.05, 0) is 43.4 Å². The number of likely N-dealkylation sites (N-methyl/N-ethyl adjacent to an activating group) is 1. The molecule has 0 unspecified atom stereocenters. The second-order valence-corrected chi connectivity index (χ2v) is 5.98. The summed E-state index contributed by atoms with van der Waals surface area (Å²) in [6.45, 7) is 0.540. The third kappa shape index (κ3) is 6.52. The molecule has 0 aliphatic rings. The molecule has 0 saturated carbocycles. The molecule has 0 fully saturated rings. The van der Waals surface area contributed by atoms with Gasteiger partial charge < -0.3 is 10.6 Å². The number of amides is 2. The van der Waals surface area contributed by atoms with Crippen LogP contribution in [0.2, 0.25) is 5.02 Å². The van der Waals surface area contributed by atoms with Gasteiger partial charge >= 0.3 is 0 Å². The second-order valence-electron chi connectivity index (χ2n) is 5.57. The van der Waals surface area contributed by atoms with Crippen LogP contribution in [-0.2, 0) is 9.59 Å². The van der Waals surface area contributed by atoms with Crippen molar-refractivity contribution in [3.63, 3.8) is 0 Å². The van der Waals surface area contributed by atoms with Gasteiger partial charge in [0.2, 0.25) is 11.8 Å². The minimum absolute atomic E-state index is 0.134. The highest BCUT2D eigenvalue weighted by molar-refractivity contribution is 6.33. The van der Waals surface area contributed by atoms with Crippen LogP contribution in [0.3, 0.4) is 0 Å². The molecule has 0 aliphatic heterocycles. The molecule has 5 nitrogen and oxygen atoms in total. The zero-order valence-corrected chi connectivity index (χ0v) is 14.5. The summed E-state index contributed by atoms with van der Waals surface area (Å²) in [6, 6.07) is 12.5. The average molecular weight is 364 g/mol.